The number of hydrogen-bond donors (Lipinski definition) is 2. The second kappa shape index (κ2) is 7.30. The number of hydrogen-bond acceptors (Lipinski definition) is 4. The zero-order chi connectivity index (χ0) is 17.9. The number of fused-ring (bicyclic) bond motifs is 1. The van der Waals surface area contributed by atoms with Crippen molar-refractivity contribution in [3.63, 3.8) is 0 Å². The SMILES string of the molecule is C[NH+]1CCc2c(C#N)c(NCc3cccnc3)[nH+]c(N3CCCC3)c2C1. The first kappa shape index (κ1) is 16.8. The van der Waals surface area contributed by atoms with Crippen LogP contribution in [0.1, 0.15) is 35.1 Å². The quantitative estimate of drug-likeness (QED) is 0.845. The van der Waals surface area contributed by atoms with Gasteiger partial charge >= 0.3 is 0 Å². The van der Waals surface area contributed by atoms with Crippen LogP contribution in [0.5, 0.6) is 0 Å². The third-order valence-electron chi connectivity index (χ3n) is 5.45. The summed E-state index contributed by atoms with van der Waals surface area (Å²) >= 11 is 0. The van der Waals surface area contributed by atoms with Crippen molar-refractivity contribution in [2.45, 2.75) is 32.4 Å². The number of anilines is 2. The van der Waals surface area contributed by atoms with Crippen LogP contribution < -0.4 is 20.1 Å². The second-order valence-corrected chi connectivity index (χ2v) is 7.34. The van der Waals surface area contributed by atoms with E-state index in [4.69, 9.17) is 0 Å². The Kier molecular flexibility index (Phi) is 4.72. The molecule has 6 heteroatoms. The van der Waals surface area contributed by atoms with E-state index in [0.717, 1.165) is 49.5 Å². The van der Waals surface area contributed by atoms with E-state index in [1.165, 1.54) is 34.7 Å². The highest BCUT2D eigenvalue weighted by Crippen LogP contribution is 2.29. The Bertz CT molecular complexity index is 820. The van der Waals surface area contributed by atoms with Crippen LogP contribution in [0.3, 0.4) is 0 Å². The average molecular weight is 350 g/mol. The number of pyridine rings is 2. The first-order valence-electron chi connectivity index (χ1n) is 9.46. The fourth-order valence-electron chi connectivity index (χ4n) is 4.06. The average Bonchev–Trinajstić information content (AvgIpc) is 3.20. The van der Waals surface area contributed by atoms with E-state index in [-0.39, 0.29) is 0 Å². The van der Waals surface area contributed by atoms with Crippen molar-refractivity contribution in [2.75, 3.05) is 36.9 Å². The normalized spacial score (nSPS) is 19.1. The number of likely N-dealkylation sites (N-methyl/N-ethyl adjacent to an activating group) is 1. The lowest BCUT2D eigenvalue weighted by molar-refractivity contribution is -0.895. The van der Waals surface area contributed by atoms with Gasteiger partial charge in [0.15, 0.2) is 0 Å². The van der Waals surface area contributed by atoms with Gasteiger partial charge in [0.05, 0.1) is 38.8 Å². The lowest BCUT2D eigenvalue weighted by Gasteiger charge is -2.26. The van der Waals surface area contributed by atoms with Crippen LogP contribution in [0.25, 0.3) is 0 Å². The maximum absolute atomic E-state index is 9.85. The molecule has 1 fully saturated rings. The fourth-order valence-corrected chi connectivity index (χ4v) is 4.06. The Morgan fingerprint density at radius 3 is 2.92 bits per heavy atom. The molecule has 0 bridgehead atoms. The molecule has 1 atom stereocenters. The minimum Gasteiger partial charge on any atom is -0.333 e. The Labute approximate surface area is 154 Å². The zero-order valence-corrected chi connectivity index (χ0v) is 15.3. The Morgan fingerprint density at radius 1 is 1.35 bits per heavy atom. The van der Waals surface area contributed by atoms with Crippen LogP contribution in [-0.4, -0.2) is 31.7 Å². The van der Waals surface area contributed by atoms with Gasteiger partial charge in [-0.25, -0.2) is 4.98 Å². The summed E-state index contributed by atoms with van der Waals surface area (Å²) in [5.74, 6) is 2.06. The van der Waals surface area contributed by atoms with Crippen LogP contribution in [0, 0.1) is 11.3 Å². The van der Waals surface area contributed by atoms with Gasteiger partial charge in [-0.05, 0) is 24.5 Å². The third-order valence-corrected chi connectivity index (χ3v) is 5.45. The number of aromatic nitrogens is 2. The monoisotopic (exact) mass is 350 g/mol. The van der Waals surface area contributed by atoms with E-state index in [2.05, 4.69) is 33.3 Å². The topological polar surface area (TPSA) is 70.5 Å². The van der Waals surface area contributed by atoms with E-state index in [9.17, 15) is 5.26 Å². The lowest BCUT2D eigenvalue weighted by Crippen LogP contribution is -3.08. The maximum atomic E-state index is 9.85. The highest BCUT2D eigenvalue weighted by molar-refractivity contribution is 5.61. The minimum absolute atomic E-state index is 0.655. The minimum atomic E-state index is 0.655. The summed E-state index contributed by atoms with van der Waals surface area (Å²) in [6.45, 7) is 4.90. The smallest absolute Gasteiger partial charge is 0.237 e. The molecule has 3 N–H and O–H groups in total. The number of rotatable bonds is 4. The number of nitriles is 1. The molecule has 6 nitrogen and oxygen atoms in total. The van der Waals surface area contributed by atoms with Crippen molar-refractivity contribution >= 4 is 11.6 Å². The number of quaternary nitrogens is 1. The van der Waals surface area contributed by atoms with Crippen molar-refractivity contribution < 1.29 is 9.88 Å². The Hall–Kier alpha value is -2.65. The lowest BCUT2D eigenvalue weighted by atomic mass is 9.95. The van der Waals surface area contributed by atoms with Crippen molar-refractivity contribution in [1.29, 1.82) is 5.26 Å². The summed E-state index contributed by atoms with van der Waals surface area (Å²) in [7, 11) is 2.23. The summed E-state index contributed by atoms with van der Waals surface area (Å²) in [5.41, 5.74) is 4.44. The first-order chi connectivity index (χ1) is 12.8. The molecule has 2 aromatic heterocycles. The second-order valence-electron chi connectivity index (χ2n) is 7.34. The predicted molar refractivity (Wildman–Crippen MR) is 99.9 cm³/mol. The van der Waals surface area contributed by atoms with Gasteiger partial charge in [0.2, 0.25) is 11.6 Å². The van der Waals surface area contributed by atoms with Gasteiger partial charge in [-0.1, -0.05) is 6.07 Å². The molecule has 0 radical (unpaired) electrons. The molecule has 4 heterocycles. The summed E-state index contributed by atoms with van der Waals surface area (Å²) in [6, 6.07) is 6.44. The molecule has 0 amide bonds. The van der Waals surface area contributed by atoms with Gasteiger partial charge in [-0.2, -0.15) is 5.26 Å². The molecule has 0 aliphatic carbocycles. The fraction of sp³-hybridized carbons (Fsp3) is 0.450. The van der Waals surface area contributed by atoms with Gasteiger partial charge in [-0.15, -0.1) is 0 Å². The maximum Gasteiger partial charge on any atom is 0.237 e. The van der Waals surface area contributed by atoms with Crippen molar-refractivity contribution in [3.05, 3.63) is 46.8 Å². The molecular weight excluding hydrogens is 324 g/mol. The van der Waals surface area contributed by atoms with Crippen LogP contribution in [0.4, 0.5) is 11.6 Å². The molecule has 0 spiro atoms. The summed E-state index contributed by atoms with van der Waals surface area (Å²) in [5, 5.41) is 13.3. The molecule has 134 valence electrons. The molecule has 0 aromatic carbocycles. The molecule has 1 saturated heterocycles. The zero-order valence-electron chi connectivity index (χ0n) is 15.3. The summed E-state index contributed by atoms with van der Waals surface area (Å²) in [4.78, 5) is 11.7. The van der Waals surface area contributed by atoms with E-state index < -0.39 is 0 Å². The number of H-pyrrole nitrogens is 1. The molecule has 4 rings (SSSR count). The highest BCUT2D eigenvalue weighted by Gasteiger charge is 2.32. The molecule has 2 aliphatic heterocycles. The number of aromatic amines is 1. The van der Waals surface area contributed by atoms with E-state index in [1.54, 1.807) is 6.20 Å². The molecular formula is C20H26N6+2. The van der Waals surface area contributed by atoms with E-state index in [0.29, 0.717) is 6.54 Å². The van der Waals surface area contributed by atoms with Gasteiger partial charge in [0.25, 0.3) is 0 Å². The molecule has 0 saturated carbocycles. The van der Waals surface area contributed by atoms with E-state index >= 15 is 0 Å². The Morgan fingerprint density at radius 2 is 2.19 bits per heavy atom. The van der Waals surface area contributed by atoms with Crippen molar-refractivity contribution in [2.24, 2.45) is 0 Å². The van der Waals surface area contributed by atoms with Crippen molar-refractivity contribution in [1.82, 2.24) is 4.98 Å². The summed E-state index contributed by atoms with van der Waals surface area (Å²) < 4.78 is 0. The van der Waals surface area contributed by atoms with Gasteiger partial charge in [0.1, 0.15) is 18.2 Å². The largest absolute Gasteiger partial charge is 0.333 e. The van der Waals surface area contributed by atoms with E-state index in [1.807, 2.05) is 18.3 Å². The van der Waals surface area contributed by atoms with Crippen LogP contribution >= 0.6 is 0 Å². The standard InChI is InChI=1S/C20H24N6/c1-25-10-6-16-17(11-21)19(23-13-15-5-4-7-22-12-15)24-20(18(16)14-25)26-8-2-3-9-26/h4-5,7,12H,2-3,6,8-10,13-14H2,1H3,(H,23,24)/p+2. The third kappa shape index (κ3) is 3.23. The number of nitrogens with zero attached hydrogens (tertiary/aromatic N) is 3. The van der Waals surface area contributed by atoms with Crippen LogP contribution in [0.15, 0.2) is 24.5 Å². The highest BCUT2D eigenvalue weighted by atomic mass is 15.2. The molecule has 26 heavy (non-hydrogen) atoms. The summed E-state index contributed by atoms with van der Waals surface area (Å²) in [6.07, 6.45) is 7.07. The molecule has 1 unspecified atom stereocenters. The molecule has 2 aliphatic rings. The molecule has 2 aromatic rings. The van der Waals surface area contributed by atoms with Crippen LogP contribution in [-0.2, 0) is 19.5 Å². The van der Waals surface area contributed by atoms with Crippen LogP contribution in [0.2, 0.25) is 0 Å². The van der Waals surface area contributed by atoms with Gasteiger partial charge < -0.3 is 10.2 Å². The number of nitrogens with one attached hydrogen (secondary N) is 3. The first-order valence-corrected chi connectivity index (χ1v) is 9.46. The van der Waals surface area contributed by atoms with Crippen molar-refractivity contribution in [3.8, 4) is 6.07 Å². The Balaban J connectivity index is 1.73. The predicted octanol–water partition coefficient (Wildman–Crippen LogP) is 0.550. The van der Waals surface area contributed by atoms with Gasteiger partial charge in [0, 0.05) is 24.4 Å². The van der Waals surface area contributed by atoms with Gasteiger partial charge in [-0.3, -0.25) is 9.88 Å².